The van der Waals surface area contributed by atoms with Gasteiger partial charge in [0.25, 0.3) is 0 Å². The second-order valence-electron chi connectivity index (χ2n) is 7.93. The molecule has 0 bridgehead atoms. The highest BCUT2D eigenvalue weighted by Gasteiger charge is 2.35. The van der Waals surface area contributed by atoms with Crippen LogP contribution in [0.5, 0.6) is 0 Å². The average Bonchev–Trinajstić information content (AvgIpc) is 3.16. The molecule has 31 heavy (non-hydrogen) atoms. The van der Waals surface area contributed by atoms with Gasteiger partial charge in [0.15, 0.2) is 0 Å². The lowest BCUT2D eigenvalue weighted by Crippen LogP contribution is -2.36. The molecular weight excluding hydrogens is 391 g/mol. The highest BCUT2D eigenvalue weighted by molar-refractivity contribution is 5.89. The topological polar surface area (TPSA) is 49.4 Å². The maximum Gasteiger partial charge on any atom is 0.225 e. The Kier molecular flexibility index (Phi) is 6.41. The minimum Gasteiger partial charge on any atom is -0.349 e. The van der Waals surface area contributed by atoms with Crippen LogP contribution in [-0.2, 0) is 22.6 Å². The Bertz CT molecular complexity index is 1040. The van der Waals surface area contributed by atoms with Gasteiger partial charge in [0, 0.05) is 25.1 Å². The molecule has 1 saturated heterocycles. The summed E-state index contributed by atoms with van der Waals surface area (Å²) in [6.07, 6.45) is 0.809. The van der Waals surface area contributed by atoms with Crippen molar-refractivity contribution in [2.24, 2.45) is 5.92 Å². The Morgan fingerprint density at radius 2 is 1.61 bits per heavy atom. The number of likely N-dealkylation sites (tertiary alicyclic amines) is 1. The van der Waals surface area contributed by atoms with Crippen LogP contribution in [0.15, 0.2) is 84.9 Å². The highest BCUT2D eigenvalue weighted by Crippen LogP contribution is 2.24. The number of hydrogen-bond acceptors (Lipinski definition) is 2. The zero-order chi connectivity index (χ0) is 21.6. The fourth-order valence-corrected chi connectivity index (χ4v) is 4.01. The number of nitrogens with zero attached hydrogens (tertiary/aromatic N) is 1. The summed E-state index contributed by atoms with van der Waals surface area (Å²) >= 11 is 0. The lowest BCUT2D eigenvalue weighted by Gasteiger charge is -2.22. The molecule has 2 amide bonds. The number of carbonyl (C=O) groups is 2. The average molecular weight is 416 g/mol. The van der Waals surface area contributed by atoms with Gasteiger partial charge in [-0.25, -0.2) is 4.39 Å². The summed E-state index contributed by atoms with van der Waals surface area (Å²) in [6, 6.07) is 26.1. The fourth-order valence-electron chi connectivity index (χ4n) is 4.01. The normalized spacial score (nSPS) is 16.9. The van der Waals surface area contributed by atoms with Crippen molar-refractivity contribution in [2.75, 3.05) is 6.54 Å². The van der Waals surface area contributed by atoms with Gasteiger partial charge in [0.05, 0.1) is 12.0 Å². The van der Waals surface area contributed by atoms with Gasteiger partial charge in [-0.1, -0.05) is 78.9 Å². The van der Waals surface area contributed by atoms with Crippen LogP contribution < -0.4 is 5.32 Å². The Balaban J connectivity index is 1.45. The first-order valence-corrected chi connectivity index (χ1v) is 10.5. The van der Waals surface area contributed by atoms with E-state index in [1.165, 1.54) is 6.07 Å². The maximum atomic E-state index is 14.0. The number of benzene rings is 3. The summed E-state index contributed by atoms with van der Waals surface area (Å²) in [6.45, 7) is 0.479. The van der Waals surface area contributed by atoms with Gasteiger partial charge in [0.2, 0.25) is 11.8 Å². The number of carbonyl (C=O) groups excluding carboxylic acids is 2. The van der Waals surface area contributed by atoms with Crippen LogP contribution in [0.3, 0.4) is 0 Å². The van der Waals surface area contributed by atoms with Crippen LogP contribution in [0.25, 0.3) is 0 Å². The largest absolute Gasteiger partial charge is 0.349 e. The Morgan fingerprint density at radius 1 is 0.968 bits per heavy atom. The lowest BCUT2D eigenvalue weighted by molar-refractivity contribution is -0.129. The van der Waals surface area contributed by atoms with E-state index in [0.29, 0.717) is 18.5 Å². The quantitative estimate of drug-likeness (QED) is 0.625. The monoisotopic (exact) mass is 416 g/mol. The molecule has 2 atom stereocenters. The molecule has 1 fully saturated rings. The van der Waals surface area contributed by atoms with Crippen molar-refractivity contribution < 1.29 is 14.0 Å². The summed E-state index contributed by atoms with van der Waals surface area (Å²) in [5, 5.41) is 3.15. The SMILES string of the molecule is O=C(NC(Cc1ccccc1)c1ccccc1)C1CC(=O)N(Cc2ccccc2F)C1. The molecule has 0 spiro atoms. The minimum absolute atomic E-state index is 0.122. The van der Waals surface area contributed by atoms with E-state index in [4.69, 9.17) is 0 Å². The fraction of sp³-hybridized carbons (Fsp3) is 0.231. The predicted octanol–water partition coefficient (Wildman–Crippen LogP) is 4.27. The molecule has 1 N–H and O–H groups in total. The summed E-state index contributed by atoms with van der Waals surface area (Å²) in [5.74, 6) is -1.05. The second-order valence-corrected chi connectivity index (χ2v) is 7.93. The molecule has 0 aliphatic carbocycles. The number of hydrogen-bond donors (Lipinski definition) is 1. The molecule has 1 aliphatic heterocycles. The molecule has 0 aromatic heterocycles. The molecule has 4 nitrogen and oxygen atoms in total. The summed E-state index contributed by atoms with van der Waals surface area (Å²) < 4.78 is 14.0. The first-order valence-electron chi connectivity index (χ1n) is 10.5. The molecule has 1 heterocycles. The Labute approximate surface area is 181 Å². The third-order valence-corrected chi connectivity index (χ3v) is 5.71. The van der Waals surface area contributed by atoms with E-state index in [2.05, 4.69) is 5.32 Å². The van der Waals surface area contributed by atoms with E-state index in [1.54, 1.807) is 23.1 Å². The standard InChI is InChI=1S/C26H25FN2O2/c27-23-14-8-7-13-21(23)17-29-18-22(16-25(29)30)26(31)28-24(20-11-5-2-6-12-20)15-19-9-3-1-4-10-19/h1-14,22,24H,15-18H2,(H,28,31). The van der Waals surface area contributed by atoms with Crippen LogP contribution in [0.1, 0.15) is 29.2 Å². The zero-order valence-electron chi connectivity index (χ0n) is 17.2. The first-order chi connectivity index (χ1) is 15.1. The molecule has 1 aliphatic rings. The van der Waals surface area contributed by atoms with Gasteiger partial charge in [-0.15, -0.1) is 0 Å². The van der Waals surface area contributed by atoms with Gasteiger partial charge in [-0.2, -0.15) is 0 Å². The summed E-state index contributed by atoms with van der Waals surface area (Å²) in [5.41, 5.74) is 2.61. The zero-order valence-corrected chi connectivity index (χ0v) is 17.2. The van der Waals surface area contributed by atoms with E-state index in [0.717, 1.165) is 11.1 Å². The molecule has 4 rings (SSSR count). The third kappa shape index (κ3) is 5.18. The van der Waals surface area contributed by atoms with E-state index < -0.39 is 5.92 Å². The van der Waals surface area contributed by atoms with Crippen LogP contribution in [0.4, 0.5) is 4.39 Å². The molecule has 3 aromatic rings. The number of rotatable bonds is 7. The van der Waals surface area contributed by atoms with E-state index in [1.807, 2.05) is 60.7 Å². The van der Waals surface area contributed by atoms with Crippen molar-refractivity contribution >= 4 is 11.8 Å². The minimum atomic E-state index is -0.443. The summed E-state index contributed by atoms with van der Waals surface area (Å²) in [7, 11) is 0. The summed E-state index contributed by atoms with van der Waals surface area (Å²) in [4.78, 5) is 27.1. The third-order valence-electron chi connectivity index (χ3n) is 5.71. The van der Waals surface area contributed by atoms with Crippen LogP contribution >= 0.6 is 0 Å². The Hall–Kier alpha value is -3.47. The van der Waals surface area contributed by atoms with Gasteiger partial charge in [-0.3, -0.25) is 9.59 Å². The van der Waals surface area contributed by atoms with Crippen LogP contribution in [0.2, 0.25) is 0 Å². The van der Waals surface area contributed by atoms with Crippen molar-refractivity contribution in [3.63, 3.8) is 0 Å². The van der Waals surface area contributed by atoms with Gasteiger partial charge in [-0.05, 0) is 23.6 Å². The van der Waals surface area contributed by atoms with Crippen molar-refractivity contribution in [2.45, 2.75) is 25.4 Å². The van der Waals surface area contributed by atoms with Crippen molar-refractivity contribution in [1.29, 1.82) is 0 Å². The number of halogens is 1. The molecule has 158 valence electrons. The Morgan fingerprint density at radius 3 is 2.32 bits per heavy atom. The second kappa shape index (κ2) is 9.56. The van der Waals surface area contributed by atoms with Crippen molar-refractivity contribution in [3.8, 4) is 0 Å². The van der Waals surface area contributed by atoms with E-state index in [-0.39, 0.29) is 36.6 Å². The van der Waals surface area contributed by atoms with Gasteiger partial charge < -0.3 is 10.2 Å². The van der Waals surface area contributed by atoms with Crippen molar-refractivity contribution in [3.05, 3.63) is 107 Å². The van der Waals surface area contributed by atoms with E-state index in [9.17, 15) is 14.0 Å². The number of amides is 2. The highest BCUT2D eigenvalue weighted by atomic mass is 19.1. The van der Waals surface area contributed by atoms with Gasteiger partial charge >= 0.3 is 0 Å². The van der Waals surface area contributed by atoms with Crippen LogP contribution in [-0.4, -0.2) is 23.3 Å². The molecular formula is C26H25FN2O2. The smallest absolute Gasteiger partial charge is 0.225 e. The number of nitrogens with one attached hydrogen (secondary N) is 1. The molecule has 0 saturated carbocycles. The maximum absolute atomic E-state index is 14.0. The lowest BCUT2D eigenvalue weighted by atomic mass is 9.97. The van der Waals surface area contributed by atoms with E-state index >= 15 is 0 Å². The van der Waals surface area contributed by atoms with Crippen LogP contribution in [0, 0.1) is 11.7 Å². The molecule has 0 radical (unpaired) electrons. The molecule has 5 heteroatoms. The first kappa shape index (κ1) is 20.8. The molecule has 3 aromatic carbocycles. The van der Waals surface area contributed by atoms with Crippen molar-refractivity contribution in [1.82, 2.24) is 10.2 Å². The molecule has 2 unspecified atom stereocenters. The van der Waals surface area contributed by atoms with Gasteiger partial charge in [0.1, 0.15) is 5.82 Å². The predicted molar refractivity (Wildman–Crippen MR) is 117 cm³/mol.